The summed E-state index contributed by atoms with van der Waals surface area (Å²) in [4.78, 5) is 17.3. The fourth-order valence-corrected chi connectivity index (χ4v) is 5.71. The van der Waals surface area contributed by atoms with Crippen molar-refractivity contribution in [3.8, 4) is 0 Å². The van der Waals surface area contributed by atoms with E-state index in [-0.39, 0.29) is 5.60 Å². The molecule has 2 aromatic heterocycles. The number of aromatic nitrogens is 3. The van der Waals surface area contributed by atoms with Crippen LogP contribution in [0.15, 0.2) is 12.3 Å². The van der Waals surface area contributed by atoms with E-state index in [1.165, 1.54) is 20.0 Å². The molecule has 0 radical (unpaired) electrons. The number of nitrogens with zero attached hydrogens (tertiary/aromatic N) is 4. The zero-order valence-corrected chi connectivity index (χ0v) is 19.8. The zero-order chi connectivity index (χ0) is 23.6. The van der Waals surface area contributed by atoms with Gasteiger partial charge in [0.05, 0.1) is 30.5 Å². The summed E-state index contributed by atoms with van der Waals surface area (Å²) >= 11 is 1.92. The maximum absolute atomic E-state index is 12.3. The van der Waals surface area contributed by atoms with Gasteiger partial charge in [-0.1, -0.05) is 12.1 Å². The van der Waals surface area contributed by atoms with Crippen LogP contribution in [-0.2, 0) is 34.5 Å². The Morgan fingerprint density at radius 2 is 2.12 bits per heavy atom. The highest BCUT2D eigenvalue weighted by atomic mass is 32.1. The second-order valence-electron chi connectivity index (χ2n) is 8.79. The molecule has 11 heteroatoms. The SMILES string of the molecule is CCc1cc2c(s1)CCOC21CCN(Cc2cn(C(C)C(=O)NCCC(F)(F)F)nn2)CC1. The second kappa shape index (κ2) is 9.71. The van der Waals surface area contributed by atoms with Gasteiger partial charge in [-0.2, -0.15) is 13.2 Å². The van der Waals surface area contributed by atoms with Crippen LogP contribution in [0, 0.1) is 0 Å². The first-order valence-corrected chi connectivity index (χ1v) is 12.2. The number of fused-ring (bicyclic) bond motifs is 2. The second-order valence-corrected chi connectivity index (χ2v) is 10.0. The number of nitrogens with one attached hydrogen (secondary N) is 1. The van der Waals surface area contributed by atoms with E-state index in [0.29, 0.717) is 6.54 Å². The Bertz CT molecular complexity index is 966. The Morgan fingerprint density at radius 3 is 2.82 bits per heavy atom. The Kier molecular flexibility index (Phi) is 7.11. The maximum Gasteiger partial charge on any atom is 0.390 e. The number of carbonyl (C=O) groups is 1. The molecule has 33 heavy (non-hydrogen) atoms. The number of piperidine rings is 1. The highest BCUT2D eigenvalue weighted by Crippen LogP contribution is 2.44. The number of thiophene rings is 1. The molecule has 2 aliphatic rings. The summed E-state index contributed by atoms with van der Waals surface area (Å²) in [6.45, 7) is 6.46. The van der Waals surface area contributed by atoms with E-state index in [1.54, 1.807) is 13.1 Å². The molecule has 1 saturated heterocycles. The van der Waals surface area contributed by atoms with Crippen molar-refractivity contribution < 1.29 is 22.7 Å². The molecule has 4 heterocycles. The van der Waals surface area contributed by atoms with Gasteiger partial charge < -0.3 is 10.1 Å². The number of carbonyl (C=O) groups excluding carboxylic acids is 1. The number of hydrogen-bond donors (Lipinski definition) is 1. The van der Waals surface area contributed by atoms with E-state index in [0.717, 1.165) is 51.1 Å². The number of ether oxygens (including phenoxy) is 1. The molecule has 0 aliphatic carbocycles. The van der Waals surface area contributed by atoms with Crippen LogP contribution in [0.2, 0.25) is 0 Å². The van der Waals surface area contributed by atoms with Crippen molar-refractivity contribution in [2.45, 2.75) is 70.3 Å². The van der Waals surface area contributed by atoms with Crippen LogP contribution in [0.1, 0.15) is 60.2 Å². The molecule has 1 fully saturated rings. The van der Waals surface area contributed by atoms with Gasteiger partial charge >= 0.3 is 6.18 Å². The molecule has 1 atom stereocenters. The van der Waals surface area contributed by atoms with Gasteiger partial charge in [0.25, 0.3) is 0 Å². The summed E-state index contributed by atoms with van der Waals surface area (Å²) < 4.78 is 44.6. The molecular formula is C22H30F3N5O2S. The monoisotopic (exact) mass is 485 g/mol. The summed E-state index contributed by atoms with van der Waals surface area (Å²) in [7, 11) is 0. The molecule has 2 aromatic rings. The first-order chi connectivity index (χ1) is 15.7. The summed E-state index contributed by atoms with van der Waals surface area (Å²) in [5.41, 5.74) is 1.93. The highest BCUT2D eigenvalue weighted by Gasteiger charge is 2.42. The Morgan fingerprint density at radius 1 is 1.36 bits per heavy atom. The van der Waals surface area contributed by atoms with E-state index in [1.807, 2.05) is 11.3 Å². The summed E-state index contributed by atoms with van der Waals surface area (Å²) in [6, 6.07) is 1.60. The molecular weight excluding hydrogens is 455 g/mol. The minimum atomic E-state index is -4.30. The largest absolute Gasteiger partial charge is 0.390 e. The maximum atomic E-state index is 12.3. The third-order valence-electron chi connectivity index (χ3n) is 6.50. The van der Waals surface area contributed by atoms with E-state index >= 15 is 0 Å². The van der Waals surface area contributed by atoms with Gasteiger partial charge in [0.2, 0.25) is 5.91 Å². The number of halogens is 3. The number of likely N-dealkylation sites (tertiary alicyclic amines) is 1. The van der Waals surface area contributed by atoms with Gasteiger partial charge in [-0.3, -0.25) is 9.69 Å². The van der Waals surface area contributed by atoms with Gasteiger partial charge in [0.1, 0.15) is 6.04 Å². The third-order valence-corrected chi connectivity index (χ3v) is 7.84. The van der Waals surface area contributed by atoms with E-state index in [9.17, 15) is 18.0 Å². The van der Waals surface area contributed by atoms with Crippen molar-refractivity contribution in [1.82, 2.24) is 25.2 Å². The normalized spacial score (nSPS) is 19.4. The zero-order valence-electron chi connectivity index (χ0n) is 19.0. The van der Waals surface area contributed by atoms with Gasteiger partial charge in [-0.15, -0.1) is 16.4 Å². The predicted molar refractivity (Wildman–Crippen MR) is 118 cm³/mol. The average molecular weight is 486 g/mol. The number of alkyl halides is 3. The minimum Gasteiger partial charge on any atom is -0.370 e. The fraction of sp³-hybridized carbons (Fsp3) is 0.682. The molecule has 1 N–H and O–H groups in total. The number of amides is 1. The van der Waals surface area contributed by atoms with Crippen molar-refractivity contribution >= 4 is 17.2 Å². The van der Waals surface area contributed by atoms with E-state index in [4.69, 9.17) is 4.74 Å². The lowest BCUT2D eigenvalue weighted by atomic mass is 9.82. The number of hydrogen-bond acceptors (Lipinski definition) is 6. The molecule has 4 rings (SSSR count). The van der Waals surface area contributed by atoms with Crippen molar-refractivity contribution in [3.63, 3.8) is 0 Å². The average Bonchev–Trinajstić information content (AvgIpc) is 3.42. The van der Waals surface area contributed by atoms with E-state index in [2.05, 4.69) is 33.5 Å². The first kappa shape index (κ1) is 24.2. The van der Waals surface area contributed by atoms with Crippen molar-refractivity contribution in [3.05, 3.63) is 33.3 Å². The Labute approximate surface area is 195 Å². The van der Waals surface area contributed by atoms with Crippen molar-refractivity contribution in [2.75, 3.05) is 26.2 Å². The lowest BCUT2D eigenvalue weighted by molar-refractivity contribution is -0.136. The highest BCUT2D eigenvalue weighted by molar-refractivity contribution is 7.12. The predicted octanol–water partition coefficient (Wildman–Crippen LogP) is 3.60. The Balaban J connectivity index is 1.31. The number of aryl methyl sites for hydroxylation is 1. The molecule has 0 aromatic carbocycles. The molecule has 1 unspecified atom stereocenters. The third kappa shape index (κ3) is 5.58. The molecule has 1 amide bonds. The molecule has 2 aliphatic heterocycles. The van der Waals surface area contributed by atoms with Crippen LogP contribution < -0.4 is 5.32 Å². The van der Waals surface area contributed by atoms with E-state index < -0.39 is 31.1 Å². The molecule has 182 valence electrons. The van der Waals surface area contributed by atoms with Gasteiger partial charge in [0, 0.05) is 42.4 Å². The summed E-state index contributed by atoms with van der Waals surface area (Å²) in [5.74, 6) is -0.511. The van der Waals surface area contributed by atoms with Crippen LogP contribution in [-0.4, -0.2) is 58.2 Å². The minimum absolute atomic E-state index is 0.186. The lowest BCUT2D eigenvalue weighted by Gasteiger charge is -2.44. The van der Waals surface area contributed by atoms with Gasteiger partial charge in [-0.25, -0.2) is 4.68 Å². The van der Waals surface area contributed by atoms with Crippen LogP contribution >= 0.6 is 11.3 Å². The topological polar surface area (TPSA) is 72.3 Å². The standard InChI is InChI=1S/C22H30F3N5O2S/c1-3-17-12-18-19(33-17)4-11-32-21(18)6-9-29(10-7-21)13-16-14-30(28-27-16)15(2)20(31)26-8-5-22(23,24)25/h12,14-15H,3-11,13H2,1-2H3,(H,26,31). The number of rotatable bonds is 7. The lowest BCUT2D eigenvalue weighted by Crippen LogP contribution is -2.45. The molecule has 0 saturated carbocycles. The molecule has 0 bridgehead atoms. The smallest absolute Gasteiger partial charge is 0.370 e. The first-order valence-electron chi connectivity index (χ1n) is 11.4. The van der Waals surface area contributed by atoms with Crippen LogP contribution in [0.4, 0.5) is 13.2 Å². The van der Waals surface area contributed by atoms with Crippen molar-refractivity contribution in [1.29, 1.82) is 0 Å². The van der Waals surface area contributed by atoms with Gasteiger partial charge in [-0.05, 0) is 37.8 Å². The van der Waals surface area contributed by atoms with Crippen molar-refractivity contribution in [2.24, 2.45) is 0 Å². The quantitative estimate of drug-likeness (QED) is 0.649. The summed E-state index contributed by atoms with van der Waals surface area (Å²) in [5, 5.41) is 10.5. The summed E-state index contributed by atoms with van der Waals surface area (Å²) in [6.07, 6.45) is 0.236. The van der Waals surface area contributed by atoms with Gasteiger partial charge in [0.15, 0.2) is 0 Å². The van der Waals surface area contributed by atoms with Crippen LogP contribution in [0.5, 0.6) is 0 Å². The molecule has 7 nitrogen and oxygen atoms in total. The Hall–Kier alpha value is -1.98. The fourth-order valence-electron chi connectivity index (χ4n) is 4.53. The van der Waals surface area contributed by atoms with Crippen LogP contribution in [0.3, 0.4) is 0 Å². The molecule has 1 spiro atoms. The van der Waals surface area contributed by atoms with Crippen LogP contribution in [0.25, 0.3) is 0 Å².